The van der Waals surface area contributed by atoms with Crippen molar-refractivity contribution in [3.05, 3.63) is 61.0 Å². The molecule has 2 rings (SSSR count). The average Bonchev–Trinajstić information content (AvgIpc) is 2.42. The van der Waals surface area contributed by atoms with Crippen LogP contribution in [0.15, 0.2) is 34.8 Å². The highest BCUT2D eigenvalue weighted by Gasteiger charge is 2.09. The fraction of sp³-hybridized carbons (Fsp3) is 0.0714. The molecule has 2 aromatic rings. The van der Waals surface area contributed by atoms with Crippen molar-refractivity contribution in [3.8, 4) is 5.75 Å². The molecule has 0 aliphatic carbocycles. The molecule has 0 amide bonds. The summed E-state index contributed by atoms with van der Waals surface area (Å²) in [6.07, 6.45) is 0. The van der Waals surface area contributed by atoms with Gasteiger partial charge < -0.3 is 10.5 Å². The summed E-state index contributed by atoms with van der Waals surface area (Å²) < 4.78 is 6.33. The van der Waals surface area contributed by atoms with Crippen LogP contribution in [-0.4, -0.2) is 5.84 Å². The molecule has 0 unspecified atom stereocenters. The quantitative estimate of drug-likeness (QED) is 0.411. The van der Waals surface area contributed by atoms with E-state index in [0.29, 0.717) is 30.9 Å². The Labute approximate surface area is 145 Å². The number of hydrogen-bond donors (Lipinski definition) is 2. The van der Waals surface area contributed by atoms with Gasteiger partial charge in [-0.2, -0.15) is 0 Å². The summed E-state index contributed by atoms with van der Waals surface area (Å²) in [5, 5.41) is 8.79. The number of nitrogen functional groups attached to an aromatic ring is 1. The number of ether oxygens (including phenoxy) is 1. The van der Waals surface area contributed by atoms with Gasteiger partial charge in [-0.25, -0.2) is 0 Å². The van der Waals surface area contributed by atoms with E-state index in [9.17, 15) is 0 Å². The zero-order valence-corrected chi connectivity index (χ0v) is 14.4. The molecule has 7 heteroatoms. The second kappa shape index (κ2) is 6.88. The van der Waals surface area contributed by atoms with Gasteiger partial charge in [-0.05, 0) is 28.1 Å². The topological polar surface area (TPSA) is 59.1 Å². The Morgan fingerprint density at radius 3 is 2.43 bits per heavy atom. The first-order valence-electron chi connectivity index (χ1n) is 5.78. The standard InChI is InChI=1S/C14H10BrCl3N2O/c15-9-4-12(18)13(5-11(9)17)21-6-8-2-1-7(14(19)20)3-10(8)16/h1-5H,6H2,(H3,19,20). The monoisotopic (exact) mass is 406 g/mol. The maximum Gasteiger partial charge on any atom is 0.139 e. The molecule has 3 nitrogen and oxygen atoms in total. The Hall–Kier alpha value is -0.940. The Bertz CT molecular complexity index is 707. The Morgan fingerprint density at radius 2 is 1.81 bits per heavy atom. The van der Waals surface area contributed by atoms with Gasteiger partial charge >= 0.3 is 0 Å². The van der Waals surface area contributed by atoms with Crippen LogP contribution in [0.1, 0.15) is 11.1 Å². The van der Waals surface area contributed by atoms with Crippen LogP contribution in [0.4, 0.5) is 0 Å². The van der Waals surface area contributed by atoms with Gasteiger partial charge in [0.15, 0.2) is 0 Å². The number of hydrogen-bond acceptors (Lipinski definition) is 2. The van der Waals surface area contributed by atoms with E-state index >= 15 is 0 Å². The van der Waals surface area contributed by atoms with Crippen molar-refractivity contribution in [3.63, 3.8) is 0 Å². The van der Waals surface area contributed by atoms with E-state index in [4.69, 9.17) is 50.7 Å². The molecular weight excluding hydrogens is 398 g/mol. The minimum absolute atomic E-state index is 0.0351. The second-order valence-corrected chi connectivity index (χ2v) is 6.28. The van der Waals surface area contributed by atoms with Crippen molar-refractivity contribution < 1.29 is 4.74 Å². The number of benzene rings is 2. The highest BCUT2D eigenvalue weighted by molar-refractivity contribution is 9.10. The Morgan fingerprint density at radius 1 is 1.10 bits per heavy atom. The smallest absolute Gasteiger partial charge is 0.139 e. The minimum Gasteiger partial charge on any atom is -0.487 e. The highest BCUT2D eigenvalue weighted by atomic mass is 79.9. The number of nitrogens with one attached hydrogen (secondary N) is 1. The summed E-state index contributed by atoms with van der Waals surface area (Å²) in [4.78, 5) is 0. The summed E-state index contributed by atoms with van der Waals surface area (Å²) in [5.41, 5.74) is 6.73. The molecular formula is C14H10BrCl3N2O. The van der Waals surface area contributed by atoms with Crippen molar-refractivity contribution in [1.29, 1.82) is 5.41 Å². The molecule has 0 saturated carbocycles. The average molecular weight is 409 g/mol. The van der Waals surface area contributed by atoms with Crippen molar-refractivity contribution >= 4 is 56.6 Å². The van der Waals surface area contributed by atoms with Crippen LogP contribution in [0.3, 0.4) is 0 Å². The zero-order valence-electron chi connectivity index (χ0n) is 10.6. The third-order valence-corrected chi connectivity index (χ3v) is 4.57. The SMILES string of the molecule is N=C(N)c1ccc(COc2cc(Cl)c(Br)cc2Cl)c(Cl)c1. The van der Waals surface area contributed by atoms with Crippen molar-refractivity contribution in [1.82, 2.24) is 0 Å². The molecule has 0 heterocycles. The molecule has 3 N–H and O–H groups in total. The molecule has 21 heavy (non-hydrogen) atoms. The van der Waals surface area contributed by atoms with Crippen molar-refractivity contribution in [2.45, 2.75) is 6.61 Å². The normalized spacial score (nSPS) is 10.5. The predicted octanol–water partition coefficient (Wildman–Crippen LogP) is 5.27. The fourth-order valence-corrected chi connectivity index (χ4v) is 2.68. The van der Waals surface area contributed by atoms with E-state index in [2.05, 4.69) is 15.9 Å². The lowest BCUT2D eigenvalue weighted by molar-refractivity contribution is 0.306. The van der Waals surface area contributed by atoms with Gasteiger partial charge in [-0.1, -0.05) is 46.9 Å². The number of nitrogens with two attached hydrogens (primary N) is 1. The Kier molecular flexibility index (Phi) is 5.38. The summed E-state index contributed by atoms with van der Waals surface area (Å²) in [6.45, 7) is 0.231. The van der Waals surface area contributed by atoms with E-state index < -0.39 is 0 Å². The van der Waals surface area contributed by atoms with Crippen LogP contribution in [-0.2, 0) is 6.61 Å². The lowest BCUT2D eigenvalue weighted by atomic mass is 10.1. The summed E-state index contributed by atoms with van der Waals surface area (Å²) in [5.74, 6) is 0.434. The van der Waals surface area contributed by atoms with E-state index in [0.717, 1.165) is 5.56 Å². The van der Waals surface area contributed by atoms with Gasteiger partial charge in [0.2, 0.25) is 0 Å². The van der Waals surface area contributed by atoms with E-state index in [1.807, 2.05) is 0 Å². The van der Waals surface area contributed by atoms with Crippen LogP contribution < -0.4 is 10.5 Å². The molecule has 0 aliphatic heterocycles. The van der Waals surface area contributed by atoms with Gasteiger partial charge in [0, 0.05) is 26.7 Å². The molecule has 0 atom stereocenters. The zero-order chi connectivity index (χ0) is 15.6. The largest absolute Gasteiger partial charge is 0.487 e. The summed E-state index contributed by atoms with van der Waals surface area (Å²) in [6, 6.07) is 8.39. The highest BCUT2D eigenvalue weighted by Crippen LogP contribution is 2.34. The second-order valence-electron chi connectivity index (χ2n) is 4.21. The van der Waals surface area contributed by atoms with Gasteiger partial charge in [0.05, 0.1) is 10.0 Å². The van der Waals surface area contributed by atoms with Gasteiger partial charge in [0.1, 0.15) is 18.2 Å². The van der Waals surface area contributed by atoms with Crippen molar-refractivity contribution in [2.75, 3.05) is 0 Å². The van der Waals surface area contributed by atoms with Crippen LogP contribution >= 0.6 is 50.7 Å². The lowest BCUT2D eigenvalue weighted by Gasteiger charge is -2.11. The first-order valence-corrected chi connectivity index (χ1v) is 7.71. The molecule has 0 bridgehead atoms. The Balaban J connectivity index is 2.17. The summed E-state index contributed by atoms with van der Waals surface area (Å²) in [7, 11) is 0. The van der Waals surface area contributed by atoms with Crippen molar-refractivity contribution in [2.24, 2.45) is 5.73 Å². The van der Waals surface area contributed by atoms with E-state index in [1.54, 1.807) is 30.3 Å². The van der Waals surface area contributed by atoms with Gasteiger partial charge in [0.25, 0.3) is 0 Å². The lowest BCUT2D eigenvalue weighted by Crippen LogP contribution is -2.11. The molecule has 2 aromatic carbocycles. The molecule has 0 fully saturated rings. The van der Waals surface area contributed by atoms with Crippen LogP contribution in [0, 0.1) is 5.41 Å². The molecule has 0 radical (unpaired) electrons. The number of rotatable bonds is 4. The third kappa shape index (κ3) is 4.04. The summed E-state index contributed by atoms with van der Waals surface area (Å²) >= 11 is 21.5. The first kappa shape index (κ1) is 16.4. The minimum atomic E-state index is -0.0351. The molecule has 110 valence electrons. The first-order chi connectivity index (χ1) is 9.88. The van der Waals surface area contributed by atoms with Gasteiger partial charge in [-0.15, -0.1) is 0 Å². The van der Waals surface area contributed by atoms with Crippen LogP contribution in [0.2, 0.25) is 15.1 Å². The number of halogens is 4. The molecule has 0 aliphatic rings. The fourth-order valence-electron chi connectivity index (χ4n) is 1.60. The van der Waals surface area contributed by atoms with Crippen LogP contribution in [0.25, 0.3) is 0 Å². The molecule has 0 saturated heterocycles. The molecule has 0 aromatic heterocycles. The maximum absolute atomic E-state index is 7.36. The molecule has 0 spiro atoms. The van der Waals surface area contributed by atoms with Gasteiger partial charge in [-0.3, -0.25) is 5.41 Å². The predicted molar refractivity (Wildman–Crippen MR) is 91.0 cm³/mol. The maximum atomic E-state index is 7.36. The number of amidine groups is 1. The third-order valence-electron chi connectivity index (χ3n) is 2.72. The van der Waals surface area contributed by atoms with E-state index in [-0.39, 0.29) is 12.4 Å². The van der Waals surface area contributed by atoms with E-state index in [1.165, 1.54) is 0 Å². The van der Waals surface area contributed by atoms with Crippen LogP contribution in [0.5, 0.6) is 5.75 Å².